The van der Waals surface area contributed by atoms with Gasteiger partial charge in [-0.1, -0.05) is 0 Å². The van der Waals surface area contributed by atoms with E-state index in [0.29, 0.717) is 11.7 Å². The monoisotopic (exact) mass is 227 g/mol. The van der Waals surface area contributed by atoms with Crippen LogP contribution in [0.2, 0.25) is 5.22 Å². The summed E-state index contributed by atoms with van der Waals surface area (Å²) < 4.78 is 5.09. The topological polar surface area (TPSA) is 33.5 Å². The first-order chi connectivity index (χ1) is 7.09. The van der Waals surface area contributed by atoms with Crippen molar-refractivity contribution in [3.63, 3.8) is 0 Å². The minimum Gasteiger partial charge on any atom is -0.440 e. The van der Waals surface area contributed by atoms with Gasteiger partial charge in [0, 0.05) is 13.1 Å². The van der Waals surface area contributed by atoms with E-state index in [-0.39, 0.29) is 17.2 Å². The minimum atomic E-state index is -0.0960. The molecule has 0 aliphatic heterocycles. The largest absolute Gasteiger partial charge is 0.440 e. The van der Waals surface area contributed by atoms with Crippen molar-refractivity contribution < 1.29 is 9.21 Å². The summed E-state index contributed by atoms with van der Waals surface area (Å²) in [5.41, 5.74) is 0. The van der Waals surface area contributed by atoms with Crippen molar-refractivity contribution in [2.24, 2.45) is 5.92 Å². The summed E-state index contributed by atoms with van der Waals surface area (Å²) in [4.78, 5) is 13.6. The predicted octanol–water partition coefficient (Wildman–Crippen LogP) is 2.80. The van der Waals surface area contributed by atoms with Gasteiger partial charge in [-0.2, -0.15) is 0 Å². The average Bonchev–Trinajstić information content (AvgIpc) is 2.98. The first kappa shape index (κ1) is 10.6. The number of rotatable bonds is 3. The van der Waals surface area contributed by atoms with Crippen LogP contribution in [-0.4, -0.2) is 23.9 Å². The lowest BCUT2D eigenvalue weighted by molar-refractivity contribution is 0.0695. The van der Waals surface area contributed by atoms with Crippen molar-refractivity contribution in [2.45, 2.75) is 25.8 Å². The number of carbonyl (C=O) groups excluding carboxylic acids is 1. The highest BCUT2D eigenvalue weighted by atomic mass is 35.5. The Balaban J connectivity index is 2.06. The predicted molar refractivity (Wildman–Crippen MR) is 58.0 cm³/mol. The third kappa shape index (κ3) is 2.17. The Bertz CT molecular complexity index is 370. The van der Waals surface area contributed by atoms with Crippen LogP contribution in [0, 0.1) is 5.92 Å². The van der Waals surface area contributed by atoms with E-state index < -0.39 is 0 Å². The fraction of sp³-hybridized carbons (Fsp3) is 0.545. The molecule has 1 fully saturated rings. The van der Waals surface area contributed by atoms with Gasteiger partial charge in [0.25, 0.3) is 5.91 Å². The van der Waals surface area contributed by atoms with Gasteiger partial charge in [0.15, 0.2) is 11.0 Å². The number of amides is 1. The number of hydrogen-bond donors (Lipinski definition) is 0. The van der Waals surface area contributed by atoms with Gasteiger partial charge in [0.1, 0.15) is 0 Å². The highest BCUT2D eigenvalue weighted by Crippen LogP contribution is 2.35. The molecule has 1 aliphatic carbocycles. The summed E-state index contributed by atoms with van der Waals surface area (Å²) in [6.45, 7) is 2.07. The molecule has 0 radical (unpaired) electrons. The molecule has 2 rings (SSSR count). The van der Waals surface area contributed by atoms with Gasteiger partial charge < -0.3 is 9.32 Å². The molecule has 0 aromatic carbocycles. The Morgan fingerprint density at radius 3 is 2.73 bits per heavy atom. The summed E-state index contributed by atoms with van der Waals surface area (Å²) in [6, 6.07) is 3.48. The maximum Gasteiger partial charge on any atom is 0.289 e. The Morgan fingerprint density at radius 1 is 1.60 bits per heavy atom. The average molecular weight is 228 g/mol. The van der Waals surface area contributed by atoms with Crippen molar-refractivity contribution in [2.75, 3.05) is 7.05 Å². The highest BCUT2D eigenvalue weighted by Gasteiger charge is 2.33. The molecule has 15 heavy (non-hydrogen) atoms. The molecule has 0 N–H and O–H groups in total. The van der Waals surface area contributed by atoms with Gasteiger partial charge in [-0.25, -0.2) is 0 Å². The second-order valence-electron chi connectivity index (χ2n) is 4.10. The van der Waals surface area contributed by atoms with Crippen molar-refractivity contribution in [3.05, 3.63) is 23.1 Å². The van der Waals surface area contributed by atoms with Crippen LogP contribution in [0.4, 0.5) is 0 Å². The molecule has 1 aromatic rings. The molecule has 4 heteroatoms. The van der Waals surface area contributed by atoms with E-state index in [9.17, 15) is 4.79 Å². The second kappa shape index (κ2) is 3.89. The summed E-state index contributed by atoms with van der Waals surface area (Å²) in [5, 5.41) is 0.255. The lowest BCUT2D eigenvalue weighted by Gasteiger charge is -2.23. The van der Waals surface area contributed by atoms with Crippen molar-refractivity contribution in [1.82, 2.24) is 4.90 Å². The molecule has 82 valence electrons. The normalized spacial score (nSPS) is 17.5. The standard InChI is InChI=1S/C11H14ClNO2/c1-7(8-3-4-8)13(2)11(14)9-5-6-10(12)15-9/h5-8H,3-4H2,1-2H3. The van der Waals surface area contributed by atoms with Crippen molar-refractivity contribution in [3.8, 4) is 0 Å². The number of hydrogen-bond acceptors (Lipinski definition) is 2. The smallest absolute Gasteiger partial charge is 0.289 e. The van der Waals surface area contributed by atoms with Crippen LogP contribution in [-0.2, 0) is 0 Å². The molecule has 1 aliphatic rings. The fourth-order valence-electron chi connectivity index (χ4n) is 1.68. The molecular weight excluding hydrogens is 214 g/mol. The van der Waals surface area contributed by atoms with Gasteiger partial charge in [-0.15, -0.1) is 0 Å². The Morgan fingerprint density at radius 2 is 2.27 bits per heavy atom. The third-order valence-corrected chi connectivity index (χ3v) is 3.22. The summed E-state index contributed by atoms with van der Waals surface area (Å²) in [5.74, 6) is 0.876. The van der Waals surface area contributed by atoms with Gasteiger partial charge >= 0.3 is 0 Å². The van der Waals surface area contributed by atoms with E-state index in [2.05, 4.69) is 6.92 Å². The molecule has 1 saturated carbocycles. The molecule has 0 bridgehead atoms. The van der Waals surface area contributed by atoms with Gasteiger partial charge in [0.05, 0.1) is 0 Å². The van der Waals surface area contributed by atoms with Gasteiger partial charge in [-0.05, 0) is 49.4 Å². The van der Waals surface area contributed by atoms with Crippen LogP contribution >= 0.6 is 11.6 Å². The molecule has 1 aromatic heterocycles. The minimum absolute atomic E-state index is 0.0960. The zero-order chi connectivity index (χ0) is 11.0. The molecule has 1 unspecified atom stereocenters. The number of carbonyl (C=O) groups is 1. The van der Waals surface area contributed by atoms with Crippen LogP contribution in [0.1, 0.15) is 30.3 Å². The van der Waals surface area contributed by atoms with E-state index in [1.807, 2.05) is 7.05 Å². The van der Waals surface area contributed by atoms with Crippen LogP contribution < -0.4 is 0 Å². The SMILES string of the molecule is CC(C1CC1)N(C)C(=O)c1ccc(Cl)o1. The first-order valence-corrected chi connectivity index (χ1v) is 5.50. The van der Waals surface area contributed by atoms with E-state index in [4.69, 9.17) is 16.0 Å². The van der Waals surface area contributed by atoms with Crippen LogP contribution in [0.3, 0.4) is 0 Å². The van der Waals surface area contributed by atoms with Gasteiger partial charge in [0.2, 0.25) is 0 Å². The Hall–Kier alpha value is -0.960. The van der Waals surface area contributed by atoms with E-state index in [0.717, 1.165) is 0 Å². The van der Waals surface area contributed by atoms with E-state index >= 15 is 0 Å². The van der Waals surface area contributed by atoms with Crippen LogP contribution in [0.15, 0.2) is 16.5 Å². The zero-order valence-electron chi connectivity index (χ0n) is 8.87. The molecule has 1 heterocycles. The molecule has 3 nitrogen and oxygen atoms in total. The number of nitrogens with zero attached hydrogens (tertiary/aromatic N) is 1. The maximum absolute atomic E-state index is 11.9. The quantitative estimate of drug-likeness (QED) is 0.796. The first-order valence-electron chi connectivity index (χ1n) is 5.12. The van der Waals surface area contributed by atoms with Crippen LogP contribution in [0.25, 0.3) is 0 Å². The number of furan rings is 1. The third-order valence-electron chi connectivity index (χ3n) is 3.02. The van der Waals surface area contributed by atoms with Crippen molar-refractivity contribution >= 4 is 17.5 Å². The highest BCUT2D eigenvalue weighted by molar-refractivity contribution is 6.29. The summed E-state index contributed by atoms with van der Waals surface area (Å²) >= 11 is 5.63. The molecule has 1 atom stereocenters. The Kier molecular flexibility index (Phi) is 2.74. The molecule has 0 spiro atoms. The fourth-order valence-corrected chi connectivity index (χ4v) is 1.83. The lowest BCUT2D eigenvalue weighted by Crippen LogP contribution is -2.36. The lowest BCUT2D eigenvalue weighted by atomic mass is 10.2. The van der Waals surface area contributed by atoms with Crippen LogP contribution in [0.5, 0.6) is 0 Å². The Labute approximate surface area is 94.0 Å². The summed E-state index contributed by atoms with van der Waals surface area (Å²) in [6.07, 6.45) is 2.44. The summed E-state index contributed by atoms with van der Waals surface area (Å²) in [7, 11) is 1.81. The van der Waals surface area contributed by atoms with E-state index in [1.165, 1.54) is 12.8 Å². The van der Waals surface area contributed by atoms with E-state index in [1.54, 1.807) is 17.0 Å². The molecule has 0 saturated heterocycles. The second-order valence-corrected chi connectivity index (χ2v) is 4.47. The van der Waals surface area contributed by atoms with Crippen molar-refractivity contribution in [1.29, 1.82) is 0 Å². The maximum atomic E-state index is 11.9. The zero-order valence-corrected chi connectivity index (χ0v) is 9.62. The molecular formula is C11H14ClNO2. The number of halogens is 1. The van der Waals surface area contributed by atoms with Gasteiger partial charge in [-0.3, -0.25) is 4.79 Å². The molecule has 1 amide bonds.